The van der Waals surface area contributed by atoms with Crippen LogP contribution in [0.25, 0.3) is 0 Å². The summed E-state index contributed by atoms with van der Waals surface area (Å²) in [5, 5.41) is 13.1. The van der Waals surface area contributed by atoms with Crippen molar-refractivity contribution in [3.63, 3.8) is 0 Å². The van der Waals surface area contributed by atoms with E-state index in [4.69, 9.17) is 0 Å². The van der Waals surface area contributed by atoms with Crippen molar-refractivity contribution in [2.45, 2.75) is 77.4 Å². The van der Waals surface area contributed by atoms with Crippen LogP contribution in [0, 0.1) is 11.8 Å². The zero-order valence-corrected chi connectivity index (χ0v) is 16.5. The highest BCUT2D eigenvalue weighted by Crippen LogP contribution is 2.30. The van der Waals surface area contributed by atoms with Crippen LogP contribution >= 0.6 is 0 Å². The molecule has 1 heterocycles. The Morgan fingerprint density at radius 1 is 1.23 bits per heavy atom. The number of benzene rings is 1. The standard InChI is InChI=1S/C22H34N2O2/c1-15(2)20(11-16-7-5-4-6-8-16)23-22(26)21-13-17-9-10-19(25)12-18(17)14-24(21)3/h9-10,12,15-16,20-21,25H,4-8,11,13-14H2,1-3H3,(H,23,26)/t20-,21-/m1/s1. The van der Waals surface area contributed by atoms with Gasteiger partial charge in [0.05, 0.1) is 6.04 Å². The van der Waals surface area contributed by atoms with Crippen LogP contribution in [0.2, 0.25) is 0 Å². The molecule has 1 amide bonds. The largest absolute Gasteiger partial charge is 0.508 e. The number of hydrogen-bond acceptors (Lipinski definition) is 3. The van der Waals surface area contributed by atoms with Gasteiger partial charge in [0.1, 0.15) is 5.75 Å². The highest BCUT2D eigenvalue weighted by atomic mass is 16.3. The molecule has 26 heavy (non-hydrogen) atoms. The maximum atomic E-state index is 13.0. The summed E-state index contributed by atoms with van der Waals surface area (Å²) < 4.78 is 0. The third-order valence-electron chi connectivity index (χ3n) is 6.30. The summed E-state index contributed by atoms with van der Waals surface area (Å²) in [6.45, 7) is 5.14. The van der Waals surface area contributed by atoms with Crippen molar-refractivity contribution in [2.24, 2.45) is 11.8 Å². The Labute approximate surface area is 158 Å². The Hall–Kier alpha value is -1.55. The van der Waals surface area contributed by atoms with E-state index >= 15 is 0 Å². The number of carbonyl (C=O) groups excluding carboxylic acids is 1. The van der Waals surface area contributed by atoms with E-state index in [1.165, 1.54) is 37.7 Å². The quantitative estimate of drug-likeness (QED) is 0.840. The predicted molar refractivity (Wildman–Crippen MR) is 105 cm³/mol. The normalized spacial score (nSPS) is 22.8. The van der Waals surface area contributed by atoms with Gasteiger partial charge in [-0.1, -0.05) is 52.0 Å². The van der Waals surface area contributed by atoms with Crippen LogP contribution in [0.1, 0.15) is 63.5 Å². The Bertz CT molecular complexity index is 623. The Morgan fingerprint density at radius 3 is 2.65 bits per heavy atom. The molecule has 2 N–H and O–H groups in total. The summed E-state index contributed by atoms with van der Waals surface area (Å²) in [7, 11) is 2.00. The average Bonchev–Trinajstić information content (AvgIpc) is 2.61. The van der Waals surface area contributed by atoms with E-state index in [1.54, 1.807) is 6.07 Å². The van der Waals surface area contributed by atoms with Gasteiger partial charge in [-0.2, -0.15) is 0 Å². The molecule has 0 saturated heterocycles. The van der Waals surface area contributed by atoms with Crippen LogP contribution < -0.4 is 5.32 Å². The molecule has 1 aromatic rings. The number of rotatable bonds is 5. The molecule has 2 aliphatic rings. The first-order chi connectivity index (χ1) is 12.4. The summed E-state index contributed by atoms with van der Waals surface area (Å²) in [6, 6.07) is 5.64. The number of fused-ring (bicyclic) bond motifs is 1. The van der Waals surface area contributed by atoms with Crippen LogP contribution in [0.3, 0.4) is 0 Å². The van der Waals surface area contributed by atoms with Crippen molar-refractivity contribution < 1.29 is 9.90 Å². The minimum Gasteiger partial charge on any atom is -0.508 e. The molecule has 1 aliphatic heterocycles. The summed E-state index contributed by atoms with van der Waals surface area (Å²) >= 11 is 0. The molecule has 4 heteroatoms. The van der Waals surface area contributed by atoms with Crippen LogP contribution in [0.5, 0.6) is 5.75 Å². The first kappa shape index (κ1) is 19.2. The first-order valence-corrected chi connectivity index (χ1v) is 10.3. The van der Waals surface area contributed by atoms with Gasteiger partial charge in [-0.3, -0.25) is 9.69 Å². The topological polar surface area (TPSA) is 52.6 Å². The van der Waals surface area contributed by atoms with Crippen molar-refractivity contribution in [1.29, 1.82) is 0 Å². The zero-order chi connectivity index (χ0) is 18.7. The number of nitrogens with one attached hydrogen (secondary N) is 1. The van der Waals surface area contributed by atoms with E-state index in [1.807, 2.05) is 19.2 Å². The number of nitrogens with zero attached hydrogens (tertiary/aromatic N) is 1. The van der Waals surface area contributed by atoms with Crippen molar-refractivity contribution in [1.82, 2.24) is 10.2 Å². The van der Waals surface area contributed by atoms with Gasteiger partial charge in [0.25, 0.3) is 0 Å². The van der Waals surface area contributed by atoms with Gasteiger partial charge in [0.15, 0.2) is 0 Å². The predicted octanol–water partition coefficient (Wildman–Crippen LogP) is 3.86. The lowest BCUT2D eigenvalue weighted by atomic mass is 9.82. The number of hydrogen-bond donors (Lipinski definition) is 2. The van der Waals surface area contributed by atoms with Crippen LogP contribution in [-0.4, -0.2) is 35.0 Å². The molecule has 1 saturated carbocycles. The maximum absolute atomic E-state index is 13.0. The molecule has 144 valence electrons. The summed E-state index contributed by atoms with van der Waals surface area (Å²) in [5.74, 6) is 1.68. The van der Waals surface area contributed by atoms with Crippen molar-refractivity contribution in [3.8, 4) is 5.75 Å². The van der Waals surface area contributed by atoms with E-state index < -0.39 is 0 Å². The van der Waals surface area contributed by atoms with E-state index in [-0.39, 0.29) is 18.0 Å². The van der Waals surface area contributed by atoms with E-state index in [2.05, 4.69) is 24.1 Å². The lowest BCUT2D eigenvalue weighted by molar-refractivity contribution is -0.127. The van der Waals surface area contributed by atoms with Crippen molar-refractivity contribution in [3.05, 3.63) is 29.3 Å². The van der Waals surface area contributed by atoms with Gasteiger partial charge in [0, 0.05) is 12.6 Å². The molecule has 3 rings (SSSR count). The smallest absolute Gasteiger partial charge is 0.237 e. The molecule has 0 aromatic heterocycles. The van der Waals surface area contributed by atoms with Gasteiger partial charge < -0.3 is 10.4 Å². The monoisotopic (exact) mass is 358 g/mol. The fourth-order valence-electron chi connectivity index (χ4n) is 4.55. The molecule has 0 radical (unpaired) electrons. The molecule has 2 atom stereocenters. The van der Waals surface area contributed by atoms with Gasteiger partial charge in [-0.15, -0.1) is 0 Å². The van der Waals surface area contributed by atoms with E-state index in [0.717, 1.165) is 17.9 Å². The van der Waals surface area contributed by atoms with Crippen LogP contribution in [0.15, 0.2) is 18.2 Å². The van der Waals surface area contributed by atoms with Crippen molar-refractivity contribution in [2.75, 3.05) is 7.05 Å². The average molecular weight is 359 g/mol. The number of carbonyl (C=O) groups is 1. The number of phenolic OH excluding ortho intramolecular Hbond substituents is 1. The molecule has 1 aromatic carbocycles. The fraction of sp³-hybridized carbons (Fsp3) is 0.682. The second-order valence-electron chi connectivity index (χ2n) is 8.69. The van der Waals surface area contributed by atoms with Gasteiger partial charge in [0.2, 0.25) is 5.91 Å². The number of aromatic hydroxyl groups is 1. The van der Waals surface area contributed by atoms with E-state index in [0.29, 0.717) is 24.6 Å². The fourth-order valence-corrected chi connectivity index (χ4v) is 4.55. The first-order valence-electron chi connectivity index (χ1n) is 10.3. The van der Waals surface area contributed by atoms with E-state index in [9.17, 15) is 9.90 Å². The van der Waals surface area contributed by atoms with Gasteiger partial charge >= 0.3 is 0 Å². The second-order valence-corrected chi connectivity index (χ2v) is 8.69. The van der Waals surface area contributed by atoms with Crippen LogP contribution in [-0.2, 0) is 17.8 Å². The summed E-state index contributed by atoms with van der Waals surface area (Å²) in [6.07, 6.45) is 8.53. The van der Waals surface area contributed by atoms with Gasteiger partial charge in [-0.05, 0) is 55.0 Å². The molecular weight excluding hydrogens is 324 g/mol. The number of phenols is 1. The maximum Gasteiger partial charge on any atom is 0.237 e. The highest BCUT2D eigenvalue weighted by molar-refractivity contribution is 5.82. The molecule has 0 spiro atoms. The van der Waals surface area contributed by atoms with Crippen molar-refractivity contribution >= 4 is 5.91 Å². The second kappa shape index (κ2) is 8.43. The highest BCUT2D eigenvalue weighted by Gasteiger charge is 2.31. The third kappa shape index (κ3) is 4.59. The Morgan fingerprint density at radius 2 is 1.96 bits per heavy atom. The third-order valence-corrected chi connectivity index (χ3v) is 6.30. The zero-order valence-electron chi connectivity index (χ0n) is 16.5. The molecule has 1 aliphatic carbocycles. The number of amides is 1. The molecular formula is C22H34N2O2. The Kier molecular flexibility index (Phi) is 6.23. The Balaban J connectivity index is 1.64. The van der Waals surface area contributed by atoms with Gasteiger partial charge in [-0.25, -0.2) is 0 Å². The lowest BCUT2D eigenvalue weighted by Gasteiger charge is -2.36. The number of likely N-dealkylation sites (N-methyl/N-ethyl adjacent to an activating group) is 1. The summed E-state index contributed by atoms with van der Waals surface area (Å²) in [5.41, 5.74) is 2.30. The van der Waals surface area contributed by atoms with Crippen LogP contribution in [0.4, 0.5) is 0 Å². The SMILES string of the molecule is CC(C)[C@@H](CC1CCCCC1)NC(=O)[C@H]1Cc2ccc(O)cc2CN1C. The minimum atomic E-state index is -0.125. The molecule has 0 unspecified atom stereocenters. The molecule has 4 nitrogen and oxygen atoms in total. The molecule has 0 bridgehead atoms. The lowest BCUT2D eigenvalue weighted by Crippen LogP contribution is -2.52. The molecule has 1 fully saturated rings. The summed E-state index contributed by atoms with van der Waals surface area (Å²) in [4.78, 5) is 15.1. The minimum absolute atomic E-state index is 0.125.